The minimum atomic E-state index is -1.06. The van der Waals surface area contributed by atoms with Gasteiger partial charge in [-0.3, -0.25) is 5.01 Å². The highest BCUT2D eigenvalue weighted by atomic mass is 16.5. The van der Waals surface area contributed by atoms with Crippen molar-refractivity contribution in [3.05, 3.63) is 77.5 Å². The molecule has 2 rings (SSSR count). The number of rotatable bonds is 8. The van der Waals surface area contributed by atoms with Gasteiger partial charge < -0.3 is 14.6 Å². The predicted octanol–water partition coefficient (Wildman–Crippen LogP) is 3.74. The van der Waals surface area contributed by atoms with E-state index in [1.807, 2.05) is 49.5 Å². The fourth-order valence-electron chi connectivity index (χ4n) is 2.59. The lowest BCUT2D eigenvalue weighted by Crippen LogP contribution is -2.14. The predicted molar refractivity (Wildman–Crippen MR) is 105 cm³/mol. The van der Waals surface area contributed by atoms with Gasteiger partial charge in [-0.05, 0) is 16.7 Å². The Hall–Kier alpha value is -3.28. The van der Waals surface area contributed by atoms with Gasteiger partial charge in [0.05, 0.1) is 19.9 Å². The Labute approximate surface area is 159 Å². The maximum Gasteiger partial charge on any atom is 0.339 e. The number of nitrogens with zero attached hydrogens (tertiary/aromatic N) is 2. The first-order chi connectivity index (χ1) is 13.0. The summed E-state index contributed by atoms with van der Waals surface area (Å²) in [5, 5.41) is 15.6. The minimum Gasteiger partial charge on any atom is -0.503 e. The van der Waals surface area contributed by atoms with Gasteiger partial charge in [-0.2, -0.15) is 0 Å². The van der Waals surface area contributed by atoms with Gasteiger partial charge in [-0.15, -0.1) is 5.10 Å². The number of carbonyl (C=O) groups is 1. The number of carboxylic acids is 1. The van der Waals surface area contributed by atoms with Gasteiger partial charge in [0, 0.05) is 14.0 Å². The van der Waals surface area contributed by atoms with Crippen LogP contribution in [0.15, 0.2) is 66.0 Å². The van der Waals surface area contributed by atoms with Crippen molar-refractivity contribution < 1.29 is 19.4 Å². The largest absolute Gasteiger partial charge is 0.503 e. The normalized spacial score (nSPS) is 11.8. The fraction of sp³-hybridized carbons (Fsp3) is 0.238. The molecule has 1 N–H and O–H groups in total. The summed E-state index contributed by atoms with van der Waals surface area (Å²) >= 11 is 0. The van der Waals surface area contributed by atoms with Crippen LogP contribution in [0.3, 0.4) is 0 Å². The smallest absolute Gasteiger partial charge is 0.339 e. The van der Waals surface area contributed by atoms with Gasteiger partial charge in [0.2, 0.25) is 5.90 Å². The molecule has 0 unspecified atom stereocenters. The molecule has 142 valence electrons. The minimum absolute atomic E-state index is 0.0764. The lowest BCUT2D eigenvalue weighted by Gasteiger charge is -2.15. The van der Waals surface area contributed by atoms with Crippen LogP contribution in [0.25, 0.3) is 5.57 Å². The average molecular weight is 368 g/mol. The molecular formula is C21H24N2O4. The molecule has 0 fully saturated rings. The zero-order valence-electron chi connectivity index (χ0n) is 15.8. The number of ether oxygens (including phenoxy) is 2. The van der Waals surface area contributed by atoms with Crippen molar-refractivity contribution in [3.63, 3.8) is 0 Å². The highest BCUT2D eigenvalue weighted by molar-refractivity contribution is 6.15. The molecule has 0 aliphatic heterocycles. The molecule has 6 nitrogen and oxygen atoms in total. The third-order valence-electron chi connectivity index (χ3n) is 3.78. The molecule has 0 aliphatic carbocycles. The Morgan fingerprint density at radius 3 is 2.48 bits per heavy atom. The zero-order chi connectivity index (χ0) is 19.6. The Kier molecular flexibility index (Phi) is 7.43. The van der Waals surface area contributed by atoms with E-state index >= 15 is 0 Å². The summed E-state index contributed by atoms with van der Waals surface area (Å²) in [4.78, 5) is 11.5. The van der Waals surface area contributed by atoms with E-state index in [4.69, 9.17) is 9.47 Å². The first-order valence-corrected chi connectivity index (χ1v) is 8.49. The van der Waals surface area contributed by atoms with E-state index in [0.29, 0.717) is 18.0 Å². The van der Waals surface area contributed by atoms with E-state index in [1.54, 1.807) is 24.1 Å². The van der Waals surface area contributed by atoms with Crippen LogP contribution in [0.5, 0.6) is 0 Å². The molecule has 0 atom stereocenters. The SMILES string of the molecule is CO/C=C(/C(=O)O)c1ccccc1CO/C(C)=N/N(C)Cc1ccccc1. The van der Waals surface area contributed by atoms with E-state index < -0.39 is 5.97 Å². The Morgan fingerprint density at radius 1 is 1.15 bits per heavy atom. The molecule has 0 aliphatic rings. The van der Waals surface area contributed by atoms with Crippen LogP contribution in [-0.2, 0) is 27.4 Å². The van der Waals surface area contributed by atoms with Crippen molar-refractivity contribution in [2.45, 2.75) is 20.1 Å². The van der Waals surface area contributed by atoms with Crippen molar-refractivity contribution in [2.24, 2.45) is 5.10 Å². The van der Waals surface area contributed by atoms with E-state index in [2.05, 4.69) is 5.10 Å². The van der Waals surface area contributed by atoms with Gasteiger partial charge in [0.15, 0.2) is 0 Å². The highest BCUT2D eigenvalue weighted by Gasteiger charge is 2.15. The Bertz CT molecular complexity index is 816. The number of methoxy groups -OCH3 is 1. The van der Waals surface area contributed by atoms with Gasteiger partial charge >= 0.3 is 5.97 Å². The van der Waals surface area contributed by atoms with Crippen LogP contribution in [0.1, 0.15) is 23.6 Å². The standard InChI is InChI=1S/C21H24N2O4/c1-16(22-23(2)13-17-9-5-4-6-10-17)27-14-18-11-7-8-12-19(18)20(15-26-3)21(24)25/h4-12,15H,13-14H2,1-3H3,(H,24,25)/b20-15+,22-16+. The van der Waals surface area contributed by atoms with Crippen molar-refractivity contribution >= 4 is 17.4 Å². The van der Waals surface area contributed by atoms with Crippen LogP contribution in [0.4, 0.5) is 0 Å². The molecule has 2 aromatic rings. The highest BCUT2D eigenvalue weighted by Crippen LogP contribution is 2.21. The molecule has 0 saturated heterocycles. The maximum absolute atomic E-state index is 11.5. The number of aliphatic carboxylic acids is 1. The first-order valence-electron chi connectivity index (χ1n) is 8.49. The van der Waals surface area contributed by atoms with Crippen LogP contribution in [0.2, 0.25) is 0 Å². The quantitative estimate of drug-likeness (QED) is 0.253. The molecule has 0 aromatic heterocycles. The van der Waals surface area contributed by atoms with Crippen LogP contribution in [0, 0.1) is 0 Å². The fourth-order valence-corrected chi connectivity index (χ4v) is 2.59. The summed E-state index contributed by atoms with van der Waals surface area (Å²) in [5.41, 5.74) is 2.52. The monoisotopic (exact) mass is 368 g/mol. The van der Waals surface area contributed by atoms with Gasteiger partial charge in [-0.25, -0.2) is 4.79 Å². The topological polar surface area (TPSA) is 71.4 Å². The van der Waals surface area contributed by atoms with E-state index in [-0.39, 0.29) is 12.2 Å². The van der Waals surface area contributed by atoms with Crippen LogP contribution < -0.4 is 0 Å². The molecule has 0 amide bonds. The third kappa shape index (κ3) is 6.18. The molecule has 27 heavy (non-hydrogen) atoms. The molecule has 0 radical (unpaired) electrons. The molecule has 2 aromatic carbocycles. The lowest BCUT2D eigenvalue weighted by atomic mass is 10.0. The Balaban J connectivity index is 2.05. The number of carboxylic acid groups (broad SMARTS) is 1. The number of benzene rings is 2. The second-order valence-electron chi connectivity index (χ2n) is 5.94. The van der Waals surface area contributed by atoms with Crippen molar-refractivity contribution in [1.29, 1.82) is 0 Å². The second-order valence-corrected chi connectivity index (χ2v) is 5.94. The molecule has 0 spiro atoms. The first kappa shape index (κ1) is 20.0. The molecule has 6 heteroatoms. The lowest BCUT2D eigenvalue weighted by molar-refractivity contribution is -0.130. The molecule has 0 bridgehead atoms. The number of hydrogen-bond donors (Lipinski definition) is 1. The maximum atomic E-state index is 11.5. The van der Waals surface area contributed by atoms with E-state index in [0.717, 1.165) is 11.1 Å². The third-order valence-corrected chi connectivity index (χ3v) is 3.78. The number of hydrogen-bond acceptors (Lipinski definition) is 5. The summed E-state index contributed by atoms with van der Waals surface area (Å²) in [6, 6.07) is 17.2. The molecular weight excluding hydrogens is 344 g/mol. The van der Waals surface area contributed by atoms with E-state index in [9.17, 15) is 9.90 Å². The summed E-state index contributed by atoms with van der Waals surface area (Å²) in [6.45, 7) is 2.64. The van der Waals surface area contributed by atoms with Crippen molar-refractivity contribution in [2.75, 3.05) is 14.2 Å². The summed E-state index contributed by atoms with van der Waals surface area (Å²) in [6.07, 6.45) is 1.22. The molecule has 0 heterocycles. The summed E-state index contributed by atoms with van der Waals surface area (Å²) in [7, 11) is 3.29. The zero-order valence-corrected chi connectivity index (χ0v) is 15.8. The van der Waals surface area contributed by atoms with Crippen LogP contribution >= 0.6 is 0 Å². The molecule has 0 saturated carbocycles. The summed E-state index contributed by atoms with van der Waals surface area (Å²) < 4.78 is 10.6. The van der Waals surface area contributed by atoms with Crippen molar-refractivity contribution in [3.8, 4) is 0 Å². The average Bonchev–Trinajstić information content (AvgIpc) is 2.65. The van der Waals surface area contributed by atoms with Crippen molar-refractivity contribution in [1.82, 2.24) is 5.01 Å². The van der Waals surface area contributed by atoms with E-state index in [1.165, 1.54) is 13.4 Å². The number of hydrazone groups is 1. The Morgan fingerprint density at radius 2 is 1.81 bits per heavy atom. The van der Waals surface area contributed by atoms with Gasteiger partial charge in [0.25, 0.3) is 0 Å². The second kappa shape index (κ2) is 10.0. The van der Waals surface area contributed by atoms with Gasteiger partial charge in [-0.1, -0.05) is 54.6 Å². The summed E-state index contributed by atoms with van der Waals surface area (Å²) in [5.74, 6) is -0.562. The van der Waals surface area contributed by atoms with Gasteiger partial charge in [0.1, 0.15) is 12.2 Å². The van der Waals surface area contributed by atoms with Crippen LogP contribution in [-0.4, -0.2) is 36.1 Å².